The molecule has 0 saturated carbocycles. The molecule has 23 heavy (non-hydrogen) atoms. The van der Waals surface area contributed by atoms with E-state index >= 15 is 0 Å². The standard InChI is InChI=1S/C18H19NO4/c20-17(19-7-8-23-12-16(19)11-18(21)22)10-13-5-6-14-3-1-2-4-15(14)9-13/h1-6,9,16H,7-8,10-12H2,(H,21,22). The number of carboxylic acid groups (broad SMARTS) is 1. The van der Waals surface area contributed by atoms with Crippen molar-refractivity contribution in [2.24, 2.45) is 0 Å². The van der Waals surface area contributed by atoms with Gasteiger partial charge in [-0.15, -0.1) is 0 Å². The van der Waals surface area contributed by atoms with Crippen molar-refractivity contribution in [3.05, 3.63) is 48.0 Å². The molecule has 0 radical (unpaired) electrons. The van der Waals surface area contributed by atoms with Gasteiger partial charge in [0.1, 0.15) is 0 Å². The van der Waals surface area contributed by atoms with Crippen LogP contribution < -0.4 is 0 Å². The van der Waals surface area contributed by atoms with E-state index in [1.54, 1.807) is 4.90 Å². The van der Waals surface area contributed by atoms with E-state index in [1.807, 2.05) is 42.5 Å². The molecule has 1 unspecified atom stereocenters. The third-order valence-corrected chi connectivity index (χ3v) is 4.13. The molecular formula is C18H19NO4. The maximum absolute atomic E-state index is 12.6. The zero-order chi connectivity index (χ0) is 16.2. The molecule has 2 aromatic rings. The maximum Gasteiger partial charge on any atom is 0.305 e. The van der Waals surface area contributed by atoms with E-state index in [-0.39, 0.29) is 31.4 Å². The Kier molecular flexibility index (Phi) is 4.57. The van der Waals surface area contributed by atoms with E-state index in [2.05, 4.69) is 0 Å². The Labute approximate surface area is 134 Å². The summed E-state index contributed by atoms with van der Waals surface area (Å²) in [6, 6.07) is 13.6. The lowest BCUT2D eigenvalue weighted by molar-refractivity contribution is -0.145. The summed E-state index contributed by atoms with van der Waals surface area (Å²) >= 11 is 0. The second kappa shape index (κ2) is 6.79. The van der Waals surface area contributed by atoms with Gasteiger partial charge in [-0.1, -0.05) is 42.5 Å². The molecule has 0 spiro atoms. The average Bonchev–Trinajstić information content (AvgIpc) is 2.54. The average molecular weight is 313 g/mol. The number of carbonyl (C=O) groups excluding carboxylic acids is 1. The number of fused-ring (bicyclic) bond motifs is 1. The van der Waals surface area contributed by atoms with Crippen molar-refractivity contribution >= 4 is 22.6 Å². The number of benzene rings is 2. The van der Waals surface area contributed by atoms with Crippen LogP contribution in [0.1, 0.15) is 12.0 Å². The fourth-order valence-corrected chi connectivity index (χ4v) is 2.98. The lowest BCUT2D eigenvalue weighted by Gasteiger charge is -2.35. The molecule has 3 rings (SSSR count). The molecule has 5 nitrogen and oxygen atoms in total. The van der Waals surface area contributed by atoms with Crippen LogP contribution in [0.25, 0.3) is 10.8 Å². The van der Waals surface area contributed by atoms with Crippen molar-refractivity contribution in [2.75, 3.05) is 19.8 Å². The van der Waals surface area contributed by atoms with E-state index in [1.165, 1.54) is 0 Å². The molecule has 2 aromatic carbocycles. The molecule has 1 fully saturated rings. The summed E-state index contributed by atoms with van der Waals surface area (Å²) in [5.74, 6) is -0.959. The molecule has 1 amide bonds. The highest BCUT2D eigenvalue weighted by Crippen LogP contribution is 2.18. The van der Waals surface area contributed by atoms with Gasteiger partial charge in [-0.25, -0.2) is 0 Å². The van der Waals surface area contributed by atoms with E-state index in [0.29, 0.717) is 13.2 Å². The van der Waals surface area contributed by atoms with Crippen molar-refractivity contribution in [1.29, 1.82) is 0 Å². The number of carboxylic acids is 1. The van der Waals surface area contributed by atoms with Gasteiger partial charge < -0.3 is 14.7 Å². The van der Waals surface area contributed by atoms with Crippen LogP contribution in [-0.2, 0) is 20.7 Å². The molecule has 1 aliphatic heterocycles. The second-order valence-corrected chi connectivity index (χ2v) is 5.77. The molecule has 1 saturated heterocycles. The Balaban J connectivity index is 1.74. The topological polar surface area (TPSA) is 66.8 Å². The number of nitrogens with zero attached hydrogens (tertiary/aromatic N) is 1. The summed E-state index contributed by atoms with van der Waals surface area (Å²) < 4.78 is 5.31. The van der Waals surface area contributed by atoms with Crippen LogP contribution >= 0.6 is 0 Å². The highest BCUT2D eigenvalue weighted by atomic mass is 16.5. The van der Waals surface area contributed by atoms with Crippen LogP contribution in [0.2, 0.25) is 0 Å². The van der Waals surface area contributed by atoms with Crippen molar-refractivity contribution in [3.63, 3.8) is 0 Å². The fraction of sp³-hybridized carbons (Fsp3) is 0.333. The van der Waals surface area contributed by atoms with Crippen molar-refractivity contribution in [2.45, 2.75) is 18.9 Å². The number of hydrogen-bond donors (Lipinski definition) is 1. The first-order valence-electron chi connectivity index (χ1n) is 7.70. The summed E-state index contributed by atoms with van der Waals surface area (Å²) in [5.41, 5.74) is 0.939. The Hall–Kier alpha value is -2.40. The number of ether oxygens (including phenoxy) is 1. The fourth-order valence-electron chi connectivity index (χ4n) is 2.98. The van der Waals surface area contributed by atoms with Gasteiger partial charge in [0.2, 0.25) is 5.91 Å². The molecule has 1 atom stereocenters. The first-order valence-corrected chi connectivity index (χ1v) is 7.70. The zero-order valence-electron chi connectivity index (χ0n) is 12.8. The number of morpholine rings is 1. The summed E-state index contributed by atoms with van der Waals surface area (Å²) in [5, 5.41) is 11.2. The van der Waals surface area contributed by atoms with Crippen molar-refractivity contribution < 1.29 is 19.4 Å². The third kappa shape index (κ3) is 3.68. The Morgan fingerprint density at radius 1 is 1.17 bits per heavy atom. The van der Waals surface area contributed by atoms with Crippen LogP contribution in [-0.4, -0.2) is 47.7 Å². The first kappa shape index (κ1) is 15.5. The van der Waals surface area contributed by atoms with Crippen molar-refractivity contribution in [1.82, 2.24) is 4.90 Å². The third-order valence-electron chi connectivity index (χ3n) is 4.13. The van der Waals surface area contributed by atoms with Crippen LogP contribution in [0.3, 0.4) is 0 Å². The molecule has 0 aromatic heterocycles. The highest BCUT2D eigenvalue weighted by molar-refractivity contribution is 5.85. The maximum atomic E-state index is 12.6. The second-order valence-electron chi connectivity index (χ2n) is 5.77. The van der Waals surface area contributed by atoms with Gasteiger partial charge >= 0.3 is 5.97 Å². The molecule has 1 aliphatic rings. The zero-order valence-corrected chi connectivity index (χ0v) is 12.8. The molecule has 1 N–H and O–H groups in total. The number of amides is 1. The summed E-state index contributed by atoms with van der Waals surface area (Å²) in [6.45, 7) is 1.19. The first-order chi connectivity index (χ1) is 11.1. The van der Waals surface area contributed by atoms with Crippen LogP contribution in [0, 0.1) is 0 Å². The van der Waals surface area contributed by atoms with Gasteiger partial charge in [0.15, 0.2) is 0 Å². The van der Waals surface area contributed by atoms with Gasteiger partial charge in [0.25, 0.3) is 0 Å². The number of carbonyl (C=O) groups is 2. The van der Waals surface area contributed by atoms with E-state index < -0.39 is 5.97 Å². The predicted octanol–water partition coefficient (Wildman–Crippen LogP) is 2.08. The number of aliphatic carboxylic acids is 1. The number of rotatable bonds is 4. The van der Waals surface area contributed by atoms with Gasteiger partial charge in [0, 0.05) is 6.54 Å². The molecular weight excluding hydrogens is 294 g/mol. The minimum atomic E-state index is -0.913. The van der Waals surface area contributed by atoms with Gasteiger partial charge in [0.05, 0.1) is 32.1 Å². The molecule has 5 heteroatoms. The molecule has 0 bridgehead atoms. The monoisotopic (exact) mass is 313 g/mol. The van der Waals surface area contributed by atoms with Crippen LogP contribution in [0.15, 0.2) is 42.5 Å². The minimum Gasteiger partial charge on any atom is -0.481 e. The van der Waals surface area contributed by atoms with Gasteiger partial charge in [-0.05, 0) is 16.3 Å². The molecule has 1 heterocycles. The summed E-state index contributed by atoms with van der Waals surface area (Å²) in [7, 11) is 0. The van der Waals surface area contributed by atoms with E-state index in [0.717, 1.165) is 16.3 Å². The normalized spacial score (nSPS) is 18.1. The van der Waals surface area contributed by atoms with E-state index in [9.17, 15) is 9.59 Å². The van der Waals surface area contributed by atoms with Gasteiger partial charge in [-0.3, -0.25) is 9.59 Å². The Bertz CT molecular complexity index is 728. The lowest BCUT2D eigenvalue weighted by Crippen LogP contribution is -2.50. The number of hydrogen-bond acceptors (Lipinski definition) is 3. The van der Waals surface area contributed by atoms with Crippen LogP contribution in [0.5, 0.6) is 0 Å². The SMILES string of the molecule is O=C(O)CC1COCCN1C(=O)Cc1ccc2ccccc2c1. The lowest BCUT2D eigenvalue weighted by atomic mass is 10.0. The highest BCUT2D eigenvalue weighted by Gasteiger charge is 2.28. The Morgan fingerprint density at radius 3 is 2.74 bits per heavy atom. The largest absolute Gasteiger partial charge is 0.481 e. The Morgan fingerprint density at radius 2 is 1.96 bits per heavy atom. The van der Waals surface area contributed by atoms with Gasteiger partial charge in [-0.2, -0.15) is 0 Å². The molecule has 120 valence electrons. The summed E-state index contributed by atoms with van der Waals surface area (Å²) in [4.78, 5) is 25.2. The van der Waals surface area contributed by atoms with Crippen molar-refractivity contribution in [3.8, 4) is 0 Å². The molecule has 0 aliphatic carbocycles. The summed E-state index contributed by atoms with van der Waals surface area (Å²) in [6.07, 6.45) is 0.199. The van der Waals surface area contributed by atoms with Crippen LogP contribution in [0.4, 0.5) is 0 Å². The smallest absolute Gasteiger partial charge is 0.305 e. The quantitative estimate of drug-likeness (QED) is 0.938. The minimum absolute atomic E-state index is 0.0465. The predicted molar refractivity (Wildman–Crippen MR) is 86.2 cm³/mol. The van der Waals surface area contributed by atoms with E-state index in [4.69, 9.17) is 9.84 Å².